The lowest BCUT2D eigenvalue weighted by atomic mass is 10.2. The van der Waals surface area contributed by atoms with Gasteiger partial charge >= 0.3 is 0 Å². The summed E-state index contributed by atoms with van der Waals surface area (Å²) < 4.78 is 0. The zero-order valence-electron chi connectivity index (χ0n) is 16.5. The highest BCUT2D eigenvalue weighted by Gasteiger charge is 2.20. The molecule has 1 aliphatic rings. The molecular weight excluding hydrogens is 348 g/mol. The fourth-order valence-corrected chi connectivity index (χ4v) is 3.53. The second-order valence-electron chi connectivity index (χ2n) is 7.27. The van der Waals surface area contributed by atoms with Gasteiger partial charge in [-0.2, -0.15) is 10.1 Å². The number of hydrogen-bond donors (Lipinski definition) is 0. The van der Waals surface area contributed by atoms with Gasteiger partial charge in [0.15, 0.2) is 5.82 Å². The van der Waals surface area contributed by atoms with Crippen LogP contribution in [-0.2, 0) is 6.54 Å². The van der Waals surface area contributed by atoms with E-state index in [-0.39, 0.29) is 0 Å². The number of rotatable bonds is 5. The largest absolute Gasteiger partial charge is 0.368 e. The molecule has 0 amide bonds. The van der Waals surface area contributed by atoms with Gasteiger partial charge in [0.05, 0.1) is 6.20 Å². The number of piperazine rings is 1. The molecule has 0 spiro atoms. The van der Waals surface area contributed by atoms with Crippen molar-refractivity contribution in [1.82, 2.24) is 15.2 Å². The van der Waals surface area contributed by atoms with E-state index in [2.05, 4.69) is 80.4 Å². The van der Waals surface area contributed by atoms with Gasteiger partial charge in [-0.25, -0.2) is 0 Å². The van der Waals surface area contributed by atoms with Crippen LogP contribution in [0.3, 0.4) is 0 Å². The molecule has 4 rings (SSSR count). The van der Waals surface area contributed by atoms with Gasteiger partial charge < -0.3 is 14.7 Å². The Labute approximate surface area is 166 Å². The van der Waals surface area contributed by atoms with E-state index in [1.165, 1.54) is 16.8 Å². The van der Waals surface area contributed by atoms with Gasteiger partial charge in [-0.1, -0.05) is 42.5 Å². The Kier molecular flexibility index (Phi) is 5.37. The zero-order valence-corrected chi connectivity index (χ0v) is 16.5. The van der Waals surface area contributed by atoms with Gasteiger partial charge in [0.2, 0.25) is 5.95 Å². The maximum absolute atomic E-state index is 4.76. The standard InChI is InChI=1S/C22H26N6/c1-18-7-6-10-20(15-18)27-11-13-28(14-12-27)22-24-21(16-23-25-22)26(2)17-19-8-4-3-5-9-19/h3-10,15-16H,11-14,17H2,1-2H3. The van der Waals surface area contributed by atoms with Crippen molar-refractivity contribution in [2.24, 2.45) is 0 Å². The van der Waals surface area contributed by atoms with Gasteiger partial charge in [0.1, 0.15) is 0 Å². The molecule has 1 fully saturated rings. The number of aromatic nitrogens is 3. The molecule has 144 valence electrons. The Morgan fingerprint density at radius 3 is 2.43 bits per heavy atom. The zero-order chi connectivity index (χ0) is 19.3. The summed E-state index contributed by atoms with van der Waals surface area (Å²) in [5, 5.41) is 8.49. The topological polar surface area (TPSA) is 48.4 Å². The molecule has 6 nitrogen and oxygen atoms in total. The summed E-state index contributed by atoms with van der Waals surface area (Å²) in [6.07, 6.45) is 1.73. The minimum atomic E-state index is 0.710. The average molecular weight is 374 g/mol. The average Bonchev–Trinajstić information content (AvgIpc) is 2.75. The van der Waals surface area contributed by atoms with Gasteiger partial charge in [0, 0.05) is 45.5 Å². The quantitative estimate of drug-likeness (QED) is 0.684. The first-order valence-electron chi connectivity index (χ1n) is 9.70. The predicted octanol–water partition coefficient (Wildman–Crippen LogP) is 3.14. The molecule has 1 aliphatic heterocycles. The minimum Gasteiger partial charge on any atom is -0.368 e. The van der Waals surface area contributed by atoms with Crippen LogP contribution in [0.2, 0.25) is 0 Å². The Morgan fingerprint density at radius 2 is 1.68 bits per heavy atom. The van der Waals surface area contributed by atoms with Crippen LogP contribution in [0, 0.1) is 6.92 Å². The van der Waals surface area contributed by atoms with Crippen LogP contribution in [0.25, 0.3) is 0 Å². The smallest absolute Gasteiger partial charge is 0.247 e. The Balaban J connectivity index is 1.41. The third-order valence-electron chi connectivity index (χ3n) is 5.12. The summed E-state index contributed by atoms with van der Waals surface area (Å²) in [4.78, 5) is 11.5. The van der Waals surface area contributed by atoms with Crippen LogP contribution >= 0.6 is 0 Å². The van der Waals surface area contributed by atoms with Gasteiger partial charge in [-0.15, -0.1) is 5.10 Å². The fourth-order valence-electron chi connectivity index (χ4n) is 3.53. The van der Waals surface area contributed by atoms with Crippen molar-refractivity contribution in [3.05, 3.63) is 71.9 Å². The van der Waals surface area contributed by atoms with Crippen molar-refractivity contribution in [2.45, 2.75) is 13.5 Å². The van der Waals surface area contributed by atoms with E-state index >= 15 is 0 Å². The third kappa shape index (κ3) is 4.22. The lowest BCUT2D eigenvalue weighted by molar-refractivity contribution is 0.634. The molecule has 1 saturated heterocycles. The molecule has 0 atom stereocenters. The van der Waals surface area contributed by atoms with Crippen LogP contribution in [-0.4, -0.2) is 48.4 Å². The molecule has 2 aromatic carbocycles. The van der Waals surface area contributed by atoms with E-state index in [0.717, 1.165) is 38.5 Å². The van der Waals surface area contributed by atoms with Crippen LogP contribution in [0.15, 0.2) is 60.8 Å². The van der Waals surface area contributed by atoms with Crippen molar-refractivity contribution in [3.8, 4) is 0 Å². The SMILES string of the molecule is Cc1cccc(N2CCN(c3nncc(N(C)Cc4ccccc4)n3)CC2)c1. The number of anilines is 3. The lowest BCUT2D eigenvalue weighted by Crippen LogP contribution is -2.47. The monoisotopic (exact) mass is 374 g/mol. The maximum atomic E-state index is 4.76. The molecule has 1 aromatic heterocycles. The highest BCUT2D eigenvalue weighted by Crippen LogP contribution is 2.20. The first-order chi connectivity index (χ1) is 13.7. The summed E-state index contributed by atoms with van der Waals surface area (Å²) in [5.41, 5.74) is 3.83. The summed E-state index contributed by atoms with van der Waals surface area (Å²) >= 11 is 0. The maximum Gasteiger partial charge on any atom is 0.247 e. The van der Waals surface area contributed by atoms with E-state index in [9.17, 15) is 0 Å². The first-order valence-corrected chi connectivity index (χ1v) is 9.70. The van der Waals surface area contributed by atoms with Crippen molar-refractivity contribution in [1.29, 1.82) is 0 Å². The second kappa shape index (κ2) is 8.25. The molecule has 28 heavy (non-hydrogen) atoms. The highest BCUT2D eigenvalue weighted by molar-refractivity contribution is 5.50. The molecule has 3 aromatic rings. The van der Waals surface area contributed by atoms with Crippen molar-refractivity contribution >= 4 is 17.5 Å². The second-order valence-corrected chi connectivity index (χ2v) is 7.27. The number of aryl methyl sites for hydroxylation is 1. The first kappa shape index (κ1) is 18.2. The predicted molar refractivity (Wildman–Crippen MR) is 114 cm³/mol. The Morgan fingerprint density at radius 1 is 0.929 bits per heavy atom. The molecule has 0 unspecified atom stereocenters. The van der Waals surface area contributed by atoms with Crippen molar-refractivity contribution in [3.63, 3.8) is 0 Å². The number of benzene rings is 2. The fraction of sp³-hybridized carbons (Fsp3) is 0.318. The molecule has 6 heteroatoms. The normalized spacial score (nSPS) is 14.2. The van der Waals surface area contributed by atoms with Crippen molar-refractivity contribution in [2.75, 3.05) is 47.9 Å². The van der Waals surface area contributed by atoms with Gasteiger partial charge in [-0.05, 0) is 30.2 Å². The highest BCUT2D eigenvalue weighted by atomic mass is 15.4. The molecule has 0 bridgehead atoms. The van der Waals surface area contributed by atoms with Crippen LogP contribution < -0.4 is 14.7 Å². The minimum absolute atomic E-state index is 0.710. The Bertz CT molecular complexity index is 906. The lowest BCUT2D eigenvalue weighted by Gasteiger charge is -2.36. The van der Waals surface area contributed by atoms with Crippen LogP contribution in [0.1, 0.15) is 11.1 Å². The van der Waals surface area contributed by atoms with Gasteiger partial charge in [0.25, 0.3) is 0 Å². The van der Waals surface area contributed by atoms with Gasteiger partial charge in [-0.3, -0.25) is 0 Å². The third-order valence-corrected chi connectivity index (χ3v) is 5.12. The van der Waals surface area contributed by atoms with Crippen LogP contribution in [0.4, 0.5) is 17.5 Å². The molecule has 0 aliphatic carbocycles. The van der Waals surface area contributed by atoms with E-state index in [4.69, 9.17) is 4.98 Å². The van der Waals surface area contributed by atoms with Crippen molar-refractivity contribution < 1.29 is 0 Å². The molecule has 2 heterocycles. The molecule has 0 radical (unpaired) electrons. The number of nitrogens with zero attached hydrogens (tertiary/aromatic N) is 6. The molecular formula is C22H26N6. The summed E-state index contributed by atoms with van der Waals surface area (Å²) in [6, 6.07) is 19.1. The molecule has 0 N–H and O–H groups in total. The van der Waals surface area contributed by atoms with Crippen LogP contribution in [0.5, 0.6) is 0 Å². The van der Waals surface area contributed by atoms with E-state index in [1.54, 1.807) is 6.20 Å². The Hall–Kier alpha value is -3.15. The summed E-state index contributed by atoms with van der Waals surface area (Å²) in [7, 11) is 2.04. The van der Waals surface area contributed by atoms with E-state index in [0.29, 0.717) is 5.95 Å². The van der Waals surface area contributed by atoms with E-state index < -0.39 is 0 Å². The summed E-state index contributed by atoms with van der Waals surface area (Å²) in [5.74, 6) is 1.55. The summed E-state index contributed by atoms with van der Waals surface area (Å²) in [6.45, 7) is 6.62. The van der Waals surface area contributed by atoms with E-state index in [1.807, 2.05) is 13.1 Å². The molecule has 0 saturated carbocycles. The number of hydrogen-bond acceptors (Lipinski definition) is 6.